The lowest BCUT2D eigenvalue weighted by molar-refractivity contribution is 0.0331. The first kappa shape index (κ1) is 16.3. The number of ether oxygens (including phenoxy) is 1. The van der Waals surface area contributed by atoms with Crippen LogP contribution in [-0.4, -0.2) is 48.5 Å². The zero-order valence-corrected chi connectivity index (χ0v) is 13.1. The van der Waals surface area contributed by atoms with Crippen LogP contribution in [0.5, 0.6) is 0 Å². The van der Waals surface area contributed by atoms with Gasteiger partial charge in [0.05, 0.1) is 12.7 Å². The molecule has 0 aromatic rings. The van der Waals surface area contributed by atoms with Gasteiger partial charge in [0.1, 0.15) is 0 Å². The van der Waals surface area contributed by atoms with E-state index in [0.29, 0.717) is 6.04 Å². The summed E-state index contributed by atoms with van der Waals surface area (Å²) in [6, 6.07) is 0.371. The van der Waals surface area contributed by atoms with Crippen LogP contribution in [0.1, 0.15) is 70.6 Å². The van der Waals surface area contributed by atoms with E-state index in [1.165, 1.54) is 57.8 Å². The molecule has 1 saturated heterocycles. The Kier molecular flexibility index (Phi) is 7.92. The van der Waals surface area contributed by atoms with E-state index in [-0.39, 0.29) is 6.10 Å². The molecule has 2 rings (SSSR count). The van der Waals surface area contributed by atoms with Crippen LogP contribution >= 0.6 is 0 Å². The van der Waals surface area contributed by atoms with Crippen molar-refractivity contribution in [3.8, 4) is 0 Å². The highest BCUT2D eigenvalue weighted by molar-refractivity contribution is 4.80. The normalized spacial score (nSPS) is 32.9. The molecular formula is C17H33NO2. The van der Waals surface area contributed by atoms with E-state index >= 15 is 0 Å². The van der Waals surface area contributed by atoms with E-state index in [1.807, 2.05) is 0 Å². The van der Waals surface area contributed by atoms with Gasteiger partial charge in [0.25, 0.3) is 0 Å². The van der Waals surface area contributed by atoms with Crippen molar-refractivity contribution >= 4 is 0 Å². The van der Waals surface area contributed by atoms with Crippen molar-refractivity contribution in [2.24, 2.45) is 0 Å². The van der Waals surface area contributed by atoms with Crippen LogP contribution in [0.2, 0.25) is 0 Å². The smallest absolute Gasteiger partial charge is 0.0695 e. The van der Waals surface area contributed by atoms with Crippen molar-refractivity contribution in [1.29, 1.82) is 0 Å². The highest BCUT2D eigenvalue weighted by atomic mass is 16.5. The van der Waals surface area contributed by atoms with E-state index in [1.54, 1.807) is 0 Å². The summed E-state index contributed by atoms with van der Waals surface area (Å²) in [5.41, 5.74) is 0. The molecule has 1 heterocycles. The minimum atomic E-state index is -0.132. The Hall–Kier alpha value is -0.120. The van der Waals surface area contributed by atoms with Crippen molar-refractivity contribution in [2.75, 3.05) is 26.3 Å². The molecule has 3 nitrogen and oxygen atoms in total. The first-order valence-electron chi connectivity index (χ1n) is 8.88. The molecule has 1 aliphatic heterocycles. The molecule has 1 saturated carbocycles. The first-order chi connectivity index (χ1) is 9.88. The highest BCUT2D eigenvalue weighted by Crippen LogP contribution is 2.21. The monoisotopic (exact) mass is 283 g/mol. The fourth-order valence-corrected chi connectivity index (χ4v) is 3.68. The van der Waals surface area contributed by atoms with Crippen LogP contribution in [-0.2, 0) is 4.74 Å². The minimum Gasteiger partial charge on any atom is -0.391 e. The van der Waals surface area contributed by atoms with Crippen LogP contribution in [0.3, 0.4) is 0 Å². The van der Waals surface area contributed by atoms with Crippen LogP contribution in [0.4, 0.5) is 0 Å². The lowest BCUT2D eigenvalue weighted by atomic mass is 9.94. The number of aliphatic hydroxyl groups is 1. The second-order valence-corrected chi connectivity index (χ2v) is 6.54. The molecule has 0 bridgehead atoms. The van der Waals surface area contributed by atoms with Gasteiger partial charge in [-0.15, -0.1) is 0 Å². The number of aliphatic hydroxyl groups excluding tert-OH is 1. The van der Waals surface area contributed by atoms with E-state index in [9.17, 15) is 5.11 Å². The molecule has 0 aromatic carbocycles. The van der Waals surface area contributed by atoms with E-state index in [4.69, 9.17) is 4.74 Å². The fourth-order valence-electron chi connectivity index (χ4n) is 3.68. The Balaban J connectivity index is 1.89. The fraction of sp³-hybridized carbons (Fsp3) is 1.00. The summed E-state index contributed by atoms with van der Waals surface area (Å²) in [5, 5.41) is 10.6. The maximum Gasteiger partial charge on any atom is 0.0695 e. The Labute approximate surface area is 124 Å². The molecule has 0 amide bonds. The predicted octanol–water partition coefficient (Wildman–Crippen LogP) is 3.35. The van der Waals surface area contributed by atoms with Crippen molar-refractivity contribution in [2.45, 2.75) is 82.8 Å². The zero-order valence-electron chi connectivity index (χ0n) is 13.1. The predicted molar refractivity (Wildman–Crippen MR) is 83.0 cm³/mol. The Morgan fingerprint density at radius 2 is 1.35 bits per heavy atom. The summed E-state index contributed by atoms with van der Waals surface area (Å²) in [7, 11) is 0. The first-order valence-corrected chi connectivity index (χ1v) is 8.88. The molecular weight excluding hydrogens is 250 g/mol. The van der Waals surface area contributed by atoms with Gasteiger partial charge in [-0.25, -0.2) is 0 Å². The van der Waals surface area contributed by atoms with E-state index < -0.39 is 0 Å². The van der Waals surface area contributed by atoms with Gasteiger partial charge in [-0.1, -0.05) is 51.4 Å². The average molecular weight is 283 g/mol. The molecule has 118 valence electrons. The molecule has 2 atom stereocenters. The maximum atomic E-state index is 10.6. The van der Waals surface area contributed by atoms with Crippen molar-refractivity contribution < 1.29 is 9.84 Å². The SMILES string of the molecule is OC1CCCCCCCCCCC1N1CCCOCC1. The third-order valence-electron chi connectivity index (χ3n) is 4.92. The van der Waals surface area contributed by atoms with Crippen molar-refractivity contribution in [1.82, 2.24) is 4.90 Å². The van der Waals surface area contributed by atoms with Crippen LogP contribution < -0.4 is 0 Å². The van der Waals surface area contributed by atoms with Gasteiger partial charge in [-0.2, -0.15) is 0 Å². The Morgan fingerprint density at radius 3 is 2.10 bits per heavy atom. The van der Waals surface area contributed by atoms with Gasteiger partial charge in [0, 0.05) is 25.7 Å². The molecule has 0 aromatic heterocycles. The molecule has 1 aliphatic carbocycles. The second kappa shape index (κ2) is 9.75. The van der Waals surface area contributed by atoms with E-state index in [2.05, 4.69) is 4.90 Å². The molecule has 0 radical (unpaired) electrons. The molecule has 20 heavy (non-hydrogen) atoms. The van der Waals surface area contributed by atoms with Crippen molar-refractivity contribution in [3.63, 3.8) is 0 Å². The quantitative estimate of drug-likeness (QED) is 0.801. The number of hydrogen-bond donors (Lipinski definition) is 1. The number of nitrogens with zero attached hydrogens (tertiary/aromatic N) is 1. The third-order valence-corrected chi connectivity index (χ3v) is 4.92. The number of hydrogen-bond acceptors (Lipinski definition) is 3. The van der Waals surface area contributed by atoms with Crippen LogP contribution in [0, 0.1) is 0 Å². The van der Waals surface area contributed by atoms with Gasteiger partial charge in [-0.05, 0) is 19.3 Å². The van der Waals surface area contributed by atoms with Gasteiger partial charge in [0.2, 0.25) is 0 Å². The maximum absolute atomic E-state index is 10.6. The molecule has 0 spiro atoms. The number of rotatable bonds is 1. The van der Waals surface area contributed by atoms with E-state index in [0.717, 1.165) is 39.1 Å². The Bertz CT molecular complexity index is 239. The second-order valence-electron chi connectivity index (χ2n) is 6.54. The molecule has 2 aliphatic rings. The molecule has 2 unspecified atom stereocenters. The summed E-state index contributed by atoms with van der Waals surface area (Å²) < 4.78 is 5.56. The van der Waals surface area contributed by atoms with Gasteiger partial charge < -0.3 is 9.84 Å². The highest BCUT2D eigenvalue weighted by Gasteiger charge is 2.26. The summed E-state index contributed by atoms with van der Waals surface area (Å²) in [6.07, 6.45) is 13.8. The van der Waals surface area contributed by atoms with Crippen LogP contribution in [0.15, 0.2) is 0 Å². The van der Waals surface area contributed by atoms with Gasteiger partial charge in [-0.3, -0.25) is 4.90 Å². The van der Waals surface area contributed by atoms with Crippen LogP contribution in [0.25, 0.3) is 0 Å². The minimum absolute atomic E-state index is 0.132. The Morgan fingerprint density at radius 1 is 0.700 bits per heavy atom. The summed E-state index contributed by atoms with van der Waals surface area (Å²) >= 11 is 0. The largest absolute Gasteiger partial charge is 0.391 e. The van der Waals surface area contributed by atoms with Crippen molar-refractivity contribution in [3.05, 3.63) is 0 Å². The third kappa shape index (κ3) is 5.71. The summed E-state index contributed by atoms with van der Waals surface area (Å²) in [4.78, 5) is 2.50. The average Bonchev–Trinajstić information content (AvgIpc) is 2.72. The standard InChI is InChI=1S/C17H33NO2/c19-17-11-8-6-4-2-1-3-5-7-10-16(17)18-12-9-14-20-15-13-18/h16-17,19H,1-15H2. The summed E-state index contributed by atoms with van der Waals surface area (Å²) in [5.74, 6) is 0. The van der Waals surface area contributed by atoms with Gasteiger partial charge >= 0.3 is 0 Å². The topological polar surface area (TPSA) is 32.7 Å². The lowest BCUT2D eigenvalue weighted by Crippen LogP contribution is -2.45. The van der Waals surface area contributed by atoms with Gasteiger partial charge in [0.15, 0.2) is 0 Å². The molecule has 2 fully saturated rings. The zero-order chi connectivity index (χ0) is 14.0. The molecule has 3 heteroatoms. The molecule has 1 N–H and O–H groups in total. The lowest BCUT2D eigenvalue weighted by Gasteiger charge is -2.34. The summed E-state index contributed by atoms with van der Waals surface area (Å²) in [6.45, 7) is 3.83.